The van der Waals surface area contributed by atoms with Gasteiger partial charge in [0.15, 0.2) is 0 Å². The van der Waals surface area contributed by atoms with Crippen LogP contribution in [0.2, 0.25) is 0 Å². The summed E-state index contributed by atoms with van der Waals surface area (Å²) in [6.07, 6.45) is 2.92. The summed E-state index contributed by atoms with van der Waals surface area (Å²) in [5.41, 5.74) is 1.22. The van der Waals surface area contributed by atoms with Crippen molar-refractivity contribution in [3.8, 4) is 0 Å². The highest BCUT2D eigenvalue weighted by molar-refractivity contribution is 5.46. The Hall–Kier alpha value is -1.39. The zero-order valence-corrected chi connectivity index (χ0v) is 10.9. The molecule has 4 nitrogen and oxygen atoms in total. The van der Waals surface area contributed by atoms with Crippen molar-refractivity contribution in [2.75, 3.05) is 20.2 Å². The number of ether oxygens (including phenoxy) is 1. The molecule has 0 aliphatic carbocycles. The second kappa shape index (κ2) is 9.62. The van der Waals surface area contributed by atoms with Crippen LogP contribution in [-0.4, -0.2) is 32.7 Å². The van der Waals surface area contributed by atoms with Crippen LogP contribution in [-0.2, 0) is 16.1 Å². The first-order chi connectivity index (χ1) is 8.86. The van der Waals surface area contributed by atoms with Crippen LogP contribution < -0.4 is 10.6 Å². The number of carbonyl (C=O) groups is 1. The van der Waals surface area contributed by atoms with Gasteiger partial charge >= 0.3 is 0 Å². The van der Waals surface area contributed by atoms with E-state index in [9.17, 15) is 4.79 Å². The number of hydrogen-bond acceptors (Lipinski definition) is 3. The summed E-state index contributed by atoms with van der Waals surface area (Å²) < 4.78 is 4.93. The van der Waals surface area contributed by atoms with Gasteiger partial charge in [-0.15, -0.1) is 0 Å². The van der Waals surface area contributed by atoms with Gasteiger partial charge in [-0.25, -0.2) is 0 Å². The average Bonchev–Trinajstić information content (AvgIpc) is 2.43. The second-order valence-corrected chi connectivity index (χ2v) is 4.23. The Bertz CT molecular complexity index is 311. The van der Waals surface area contributed by atoms with Gasteiger partial charge in [-0.1, -0.05) is 30.3 Å². The molecule has 4 heteroatoms. The largest absolute Gasteiger partial charge is 0.380 e. The lowest BCUT2D eigenvalue weighted by molar-refractivity contribution is -0.110. The van der Waals surface area contributed by atoms with Crippen molar-refractivity contribution in [1.82, 2.24) is 10.6 Å². The molecule has 2 rings (SSSR count). The van der Waals surface area contributed by atoms with Crippen molar-refractivity contribution in [2.45, 2.75) is 25.5 Å². The van der Waals surface area contributed by atoms with Crippen molar-refractivity contribution in [3.05, 3.63) is 35.9 Å². The Kier molecular flexibility index (Phi) is 7.84. The molecule has 0 spiro atoms. The highest BCUT2D eigenvalue weighted by Gasteiger charge is 2.09. The third-order valence-electron chi connectivity index (χ3n) is 2.80. The van der Waals surface area contributed by atoms with Crippen molar-refractivity contribution in [3.63, 3.8) is 0 Å². The molecule has 0 aromatic heterocycles. The number of hydrogen-bond donors (Lipinski definition) is 2. The number of amides is 1. The molecule has 1 aromatic rings. The second-order valence-electron chi connectivity index (χ2n) is 4.23. The van der Waals surface area contributed by atoms with Gasteiger partial charge in [0.05, 0.1) is 6.61 Å². The predicted octanol–water partition coefficient (Wildman–Crippen LogP) is 1.32. The molecule has 18 heavy (non-hydrogen) atoms. The fraction of sp³-hybridized carbons (Fsp3) is 0.500. The van der Waals surface area contributed by atoms with Crippen molar-refractivity contribution < 1.29 is 9.53 Å². The lowest BCUT2D eigenvalue weighted by Crippen LogP contribution is -2.39. The summed E-state index contributed by atoms with van der Waals surface area (Å²) in [6.45, 7) is 2.78. The van der Waals surface area contributed by atoms with Crippen LogP contribution >= 0.6 is 0 Å². The van der Waals surface area contributed by atoms with Gasteiger partial charge in [0, 0.05) is 13.2 Å². The molecule has 2 N–H and O–H groups in total. The van der Waals surface area contributed by atoms with Crippen LogP contribution in [0.3, 0.4) is 0 Å². The maximum atomic E-state index is 9.94. The summed E-state index contributed by atoms with van der Waals surface area (Å²) in [5, 5.41) is 5.98. The van der Waals surface area contributed by atoms with E-state index in [1.807, 2.05) is 30.3 Å². The first kappa shape index (κ1) is 14.7. The monoisotopic (exact) mass is 250 g/mol. The minimum atomic E-state index is 0.420. The number of methoxy groups -OCH3 is 1. The van der Waals surface area contributed by atoms with Gasteiger partial charge in [-0.05, 0) is 31.5 Å². The number of piperidine rings is 1. The van der Waals surface area contributed by atoms with E-state index in [4.69, 9.17) is 4.74 Å². The van der Waals surface area contributed by atoms with Crippen LogP contribution in [0.15, 0.2) is 30.3 Å². The molecule has 100 valence electrons. The molecular formula is C14H22N2O2. The van der Waals surface area contributed by atoms with Gasteiger partial charge in [-0.3, -0.25) is 4.79 Å². The van der Waals surface area contributed by atoms with E-state index < -0.39 is 0 Å². The van der Waals surface area contributed by atoms with E-state index >= 15 is 0 Å². The van der Waals surface area contributed by atoms with Crippen molar-refractivity contribution in [2.24, 2.45) is 0 Å². The third kappa shape index (κ3) is 6.37. The van der Waals surface area contributed by atoms with E-state index in [-0.39, 0.29) is 0 Å². The Labute approximate surface area is 109 Å². The number of benzene rings is 1. The van der Waals surface area contributed by atoms with Gasteiger partial charge in [-0.2, -0.15) is 0 Å². The molecule has 0 atom stereocenters. The quantitative estimate of drug-likeness (QED) is 0.792. The number of rotatable bonds is 4. The Morgan fingerprint density at radius 2 is 2.00 bits per heavy atom. The van der Waals surface area contributed by atoms with E-state index in [2.05, 4.69) is 10.6 Å². The fourth-order valence-corrected chi connectivity index (χ4v) is 1.83. The minimum absolute atomic E-state index is 0.420. The molecule has 0 radical (unpaired) electrons. The highest BCUT2D eigenvalue weighted by Crippen LogP contribution is 1.99. The third-order valence-corrected chi connectivity index (χ3v) is 2.80. The fourth-order valence-electron chi connectivity index (χ4n) is 1.83. The highest BCUT2D eigenvalue weighted by atomic mass is 16.5. The van der Waals surface area contributed by atoms with Crippen LogP contribution in [0, 0.1) is 0 Å². The zero-order valence-electron chi connectivity index (χ0n) is 10.9. The maximum Gasteiger partial charge on any atom is 0.207 e. The van der Waals surface area contributed by atoms with Gasteiger partial charge in [0.1, 0.15) is 0 Å². The summed E-state index contributed by atoms with van der Waals surface area (Å²) in [6, 6.07) is 10.5. The van der Waals surface area contributed by atoms with Gasteiger partial charge in [0.25, 0.3) is 0 Å². The molecule has 1 aliphatic rings. The van der Waals surface area contributed by atoms with Crippen LogP contribution in [0.25, 0.3) is 0 Å². The van der Waals surface area contributed by atoms with Crippen molar-refractivity contribution >= 4 is 6.41 Å². The number of carbonyl (C=O) groups excluding carboxylic acids is 1. The molecule has 1 saturated heterocycles. The predicted molar refractivity (Wildman–Crippen MR) is 72.2 cm³/mol. The van der Waals surface area contributed by atoms with Gasteiger partial charge < -0.3 is 15.4 Å². The molecule has 1 heterocycles. The summed E-state index contributed by atoms with van der Waals surface area (Å²) in [7, 11) is 1.70. The van der Waals surface area contributed by atoms with E-state index in [1.54, 1.807) is 7.11 Å². The molecule has 1 amide bonds. The average molecular weight is 250 g/mol. The molecule has 0 saturated carbocycles. The maximum absolute atomic E-state index is 9.94. The van der Waals surface area contributed by atoms with Crippen molar-refractivity contribution in [1.29, 1.82) is 0 Å². The van der Waals surface area contributed by atoms with Crippen LogP contribution in [0.5, 0.6) is 0 Å². The first-order valence-corrected chi connectivity index (χ1v) is 6.30. The smallest absolute Gasteiger partial charge is 0.207 e. The molecule has 0 bridgehead atoms. The molecule has 1 aromatic carbocycles. The molecular weight excluding hydrogens is 228 g/mol. The minimum Gasteiger partial charge on any atom is -0.380 e. The van der Waals surface area contributed by atoms with Crippen LogP contribution in [0.1, 0.15) is 18.4 Å². The number of nitrogens with one attached hydrogen (secondary N) is 2. The Morgan fingerprint density at radius 1 is 1.33 bits per heavy atom. The lowest BCUT2D eigenvalue weighted by Gasteiger charge is -2.21. The summed E-state index contributed by atoms with van der Waals surface area (Å²) >= 11 is 0. The zero-order chi connectivity index (χ0) is 13.1. The lowest BCUT2D eigenvalue weighted by atomic mass is 10.1. The summed E-state index contributed by atoms with van der Waals surface area (Å²) in [4.78, 5) is 9.94. The Balaban J connectivity index is 0.000000180. The van der Waals surface area contributed by atoms with Gasteiger partial charge in [0.2, 0.25) is 6.41 Å². The first-order valence-electron chi connectivity index (χ1n) is 6.30. The van der Waals surface area contributed by atoms with E-state index in [0.29, 0.717) is 12.6 Å². The standard InChI is InChI=1S/C8H10O.C6H12N2O/c1-9-7-8-5-3-2-4-6-8;9-5-8-6-1-3-7-4-2-6/h2-6H,7H2,1H3;5-7H,1-4H2,(H,8,9). The van der Waals surface area contributed by atoms with E-state index in [1.165, 1.54) is 5.56 Å². The van der Waals surface area contributed by atoms with E-state index in [0.717, 1.165) is 32.3 Å². The Morgan fingerprint density at radius 3 is 2.56 bits per heavy atom. The molecule has 0 unspecified atom stereocenters. The van der Waals surface area contributed by atoms with Crippen LogP contribution in [0.4, 0.5) is 0 Å². The topological polar surface area (TPSA) is 50.4 Å². The normalized spacial score (nSPS) is 15.4. The molecule has 1 fully saturated rings. The summed E-state index contributed by atoms with van der Waals surface area (Å²) in [5.74, 6) is 0. The molecule has 1 aliphatic heterocycles. The SMILES string of the molecule is COCc1ccccc1.O=CNC1CCNCC1.